The molecule has 0 spiro atoms. The minimum absolute atomic E-state index is 0.0947. The molecule has 0 saturated heterocycles. The molecule has 74 valence electrons. The molecule has 0 bridgehead atoms. The summed E-state index contributed by atoms with van der Waals surface area (Å²) >= 11 is 0. The van der Waals surface area contributed by atoms with Gasteiger partial charge in [-0.15, -0.1) is 0 Å². The van der Waals surface area contributed by atoms with Gasteiger partial charge in [0.25, 0.3) is 0 Å². The molecule has 0 atom stereocenters. The van der Waals surface area contributed by atoms with Gasteiger partial charge < -0.3 is 5.73 Å². The van der Waals surface area contributed by atoms with E-state index in [1.54, 1.807) is 12.4 Å². The number of anilines is 1. The molecule has 0 aromatic carbocycles. The second kappa shape index (κ2) is 2.67. The summed E-state index contributed by atoms with van der Waals surface area (Å²) in [4.78, 5) is 8.09. The fourth-order valence-electron chi connectivity index (χ4n) is 1.32. The zero-order valence-corrected chi connectivity index (χ0v) is 8.52. The Bertz CT molecular complexity index is 465. The quantitative estimate of drug-likeness (QED) is 0.678. The van der Waals surface area contributed by atoms with Gasteiger partial charge in [0.05, 0.1) is 17.1 Å². The summed E-state index contributed by atoms with van der Waals surface area (Å²) in [6.07, 6.45) is 3.44. The lowest BCUT2D eigenvalue weighted by Crippen LogP contribution is -2.23. The number of hydrogen-bond acceptors (Lipinski definition) is 4. The second-order valence-corrected chi connectivity index (χ2v) is 4.23. The largest absolute Gasteiger partial charge is 0.368 e. The van der Waals surface area contributed by atoms with Crippen LogP contribution in [0.15, 0.2) is 12.4 Å². The van der Waals surface area contributed by atoms with Crippen LogP contribution in [0.2, 0.25) is 0 Å². The lowest BCUT2D eigenvalue weighted by Gasteiger charge is -2.19. The van der Waals surface area contributed by atoms with E-state index in [1.165, 1.54) is 0 Å². The Balaban J connectivity index is 2.73. The van der Waals surface area contributed by atoms with Crippen LogP contribution in [0.1, 0.15) is 20.8 Å². The summed E-state index contributed by atoms with van der Waals surface area (Å²) < 4.78 is 1.85. The van der Waals surface area contributed by atoms with Gasteiger partial charge in [0, 0.05) is 6.20 Å². The zero-order valence-electron chi connectivity index (χ0n) is 8.52. The smallest absolute Gasteiger partial charge is 0.222 e. The molecular weight excluding hydrogens is 178 g/mol. The second-order valence-electron chi connectivity index (χ2n) is 4.23. The lowest BCUT2D eigenvalue weighted by atomic mass is 10.1. The summed E-state index contributed by atoms with van der Waals surface area (Å²) in [6, 6.07) is 0. The number of fused-ring (bicyclic) bond motifs is 1. The van der Waals surface area contributed by atoms with Gasteiger partial charge in [-0.2, -0.15) is 10.1 Å². The Kier molecular flexibility index (Phi) is 1.70. The van der Waals surface area contributed by atoms with Crippen LogP contribution in [0, 0.1) is 0 Å². The van der Waals surface area contributed by atoms with Crippen LogP contribution in [0.3, 0.4) is 0 Å². The Morgan fingerprint density at radius 1 is 1.29 bits per heavy atom. The maximum atomic E-state index is 5.53. The van der Waals surface area contributed by atoms with E-state index in [0.29, 0.717) is 0 Å². The summed E-state index contributed by atoms with van der Waals surface area (Å²) in [5, 5.41) is 5.18. The van der Waals surface area contributed by atoms with Gasteiger partial charge in [-0.3, -0.25) is 0 Å². The standard InChI is InChI=1S/C9H13N5/c1-9(2,3)14-7-6(5-12-14)4-11-8(10)13-7/h4-5H,1-3H3,(H2,10,11,13). The van der Waals surface area contributed by atoms with Crippen molar-refractivity contribution in [2.24, 2.45) is 0 Å². The van der Waals surface area contributed by atoms with E-state index in [4.69, 9.17) is 5.73 Å². The number of nitrogens with zero attached hydrogens (tertiary/aromatic N) is 4. The van der Waals surface area contributed by atoms with Crippen LogP contribution in [0.5, 0.6) is 0 Å². The first-order valence-electron chi connectivity index (χ1n) is 4.45. The van der Waals surface area contributed by atoms with Gasteiger partial charge in [-0.1, -0.05) is 0 Å². The SMILES string of the molecule is CC(C)(C)n1ncc2cnc(N)nc21. The maximum absolute atomic E-state index is 5.53. The van der Waals surface area contributed by atoms with E-state index in [1.807, 2.05) is 4.68 Å². The zero-order chi connectivity index (χ0) is 10.3. The summed E-state index contributed by atoms with van der Waals surface area (Å²) in [6.45, 7) is 6.20. The van der Waals surface area contributed by atoms with E-state index in [2.05, 4.69) is 35.8 Å². The monoisotopic (exact) mass is 191 g/mol. The van der Waals surface area contributed by atoms with Crippen LogP contribution in [-0.4, -0.2) is 19.7 Å². The molecule has 2 N–H and O–H groups in total. The van der Waals surface area contributed by atoms with Crippen LogP contribution in [0.4, 0.5) is 5.95 Å². The molecule has 14 heavy (non-hydrogen) atoms. The van der Waals surface area contributed by atoms with E-state index >= 15 is 0 Å². The highest BCUT2D eigenvalue weighted by Crippen LogP contribution is 2.19. The first-order valence-corrected chi connectivity index (χ1v) is 4.45. The normalized spacial score (nSPS) is 12.2. The topological polar surface area (TPSA) is 69.6 Å². The van der Waals surface area contributed by atoms with Crippen LogP contribution >= 0.6 is 0 Å². The molecule has 0 radical (unpaired) electrons. The van der Waals surface area contributed by atoms with Crippen molar-refractivity contribution in [3.8, 4) is 0 Å². The Labute approximate surface area is 82.0 Å². The van der Waals surface area contributed by atoms with Crippen LogP contribution in [-0.2, 0) is 5.54 Å². The summed E-state index contributed by atoms with van der Waals surface area (Å²) in [7, 11) is 0. The molecule has 0 saturated carbocycles. The average Bonchev–Trinajstić information content (AvgIpc) is 2.45. The highest BCUT2D eigenvalue weighted by molar-refractivity contribution is 5.74. The minimum atomic E-state index is -0.0947. The molecule has 5 nitrogen and oxygen atoms in total. The Morgan fingerprint density at radius 2 is 2.00 bits per heavy atom. The summed E-state index contributed by atoms with van der Waals surface area (Å²) in [5.74, 6) is 0.281. The molecule has 0 fully saturated rings. The highest BCUT2D eigenvalue weighted by Gasteiger charge is 2.17. The molecule has 5 heteroatoms. The van der Waals surface area contributed by atoms with Crippen molar-refractivity contribution in [1.82, 2.24) is 19.7 Å². The van der Waals surface area contributed by atoms with Gasteiger partial charge in [-0.25, -0.2) is 9.67 Å². The average molecular weight is 191 g/mol. The van der Waals surface area contributed by atoms with Crippen LogP contribution in [0.25, 0.3) is 11.0 Å². The van der Waals surface area contributed by atoms with E-state index in [9.17, 15) is 0 Å². The lowest BCUT2D eigenvalue weighted by molar-refractivity contribution is 0.366. The van der Waals surface area contributed by atoms with Crippen molar-refractivity contribution in [3.63, 3.8) is 0 Å². The first kappa shape index (κ1) is 8.93. The van der Waals surface area contributed by atoms with Gasteiger partial charge in [0.1, 0.15) is 0 Å². The van der Waals surface area contributed by atoms with Gasteiger partial charge in [0.15, 0.2) is 5.65 Å². The highest BCUT2D eigenvalue weighted by atomic mass is 15.3. The molecule has 0 aliphatic carbocycles. The van der Waals surface area contributed by atoms with Gasteiger partial charge in [0.2, 0.25) is 5.95 Å². The fraction of sp³-hybridized carbons (Fsp3) is 0.444. The molecule has 0 unspecified atom stereocenters. The van der Waals surface area contributed by atoms with Gasteiger partial charge >= 0.3 is 0 Å². The Hall–Kier alpha value is -1.65. The molecule has 0 aliphatic heterocycles. The molecule has 0 amide bonds. The third-order valence-corrected chi connectivity index (χ3v) is 1.96. The van der Waals surface area contributed by atoms with Crippen molar-refractivity contribution in [3.05, 3.63) is 12.4 Å². The minimum Gasteiger partial charge on any atom is -0.368 e. The molecule has 2 rings (SSSR count). The van der Waals surface area contributed by atoms with E-state index < -0.39 is 0 Å². The Morgan fingerprint density at radius 3 is 2.64 bits per heavy atom. The van der Waals surface area contributed by atoms with Crippen molar-refractivity contribution in [1.29, 1.82) is 0 Å². The van der Waals surface area contributed by atoms with Crippen molar-refractivity contribution >= 4 is 17.0 Å². The molecule has 2 aromatic rings. The van der Waals surface area contributed by atoms with E-state index in [0.717, 1.165) is 11.0 Å². The third kappa shape index (κ3) is 1.30. The van der Waals surface area contributed by atoms with Gasteiger partial charge in [-0.05, 0) is 20.8 Å². The predicted octanol–water partition coefficient (Wildman–Crippen LogP) is 1.16. The third-order valence-electron chi connectivity index (χ3n) is 1.96. The number of nitrogens with two attached hydrogens (primary N) is 1. The first-order chi connectivity index (χ1) is 6.48. The fourth-order valence-corrected chi connectivity index (χ4v) is 1.32. The van der Waals surface area contributed by atoms with E-state index in [-0.39, 0.29) is 11.5 Å². The van der Waals surface area contributed by atoms with Crippen molar-refractivity contribution in [2.75, 3.05) is 5.73 Å². The van der Waals surface area contributed by atoms with Crippen LogP contribution < -0.4 is 5.73 Å². The predicted molar refractivity (Wildman–Crippen MR) is 54.7 cm³/mol. The molecular formula is C9H13N5. The number of aromatic nitrogens is 4. The van der Waals surface area contributed by atoms with Crippen molar-refractivity contribution < 1.29 is 0 Å². The molecule has 0 aliphatic rings. The number of rotatable bonds is 0. The summed E-state index contributed by atoms with van der Waals surface area (Å²) in [5.41, 5.74) is 6.22. The number of hydrogen-bond donors (Lipinski definition) is 1. The van der Waals surface area contributed by atoms with Crippen molar-refractivity contribution in [2.45, 2.75) is 26.3 Å². The molecule has 2 heterocycles. The number of nitrogen functional groups attached to an aromatic ring is 1. The molecule has 2 aromatic heterocycles. The maximum Gasteiger partial charge on any atom is 0.222 e.